The number of hydrogen-bond acceptors (Lipinski definition) is 22. The van der Waals surface area contributed by atoms with E-state index in [0.29, 0.717) is 0 Å². The zero-order chi connectivity index (χ0) is 33.9. The maximum atomic E-state index is 11.8. The fourth-order valence-electron chi connectivity index (χ4n) is 2.56. The van der Waals surface area contributed by atoms with Crippen molar-refractivity contribution in [3.63, 3.8) is 0 Å². The molecular weight excluding hydrogens is 735 g/mol. The summed E-state index contributed by atoms with van der Waals surface area (Å²) in [5, 5.41) is 14.4. The summed E-state index contributed by atoms with van der Waals surface area (Å²) in [5.41, 5.74) is 0. The third-order valence-corrected chi connectivity index (χ3v) is 8.80. The van der Waals surface area contributed by atoms with Gasteiger partial charge in [0.1, 0.15) is 0 Å². The molecule has 0 aromatic heterocycles. The van der Waals surface area contributed by atoms with Crippen molar-refractivity contribution in [1.29, 1.82) is 0 Å². The standard InChI is InChI=1S/C16H41N2O21P5.2CH4/c1-17-9-15(11-19)12-38-43(27,28)35-7-5-33-41(23,24)31-3-4-32-42(25,26)34-6-8-36-44(29,30)39-14-16(10-18-2)13-37-40(20,21)22;;/h15-19H,3-14H2,1-2H3,(H,23,24)(H,25,26)(H,27,28)(H,29,30)(H2,20,21,22);2*1H4/p-5. The molecule has 0 spiro atoms. The number of aliphatic hydroxyl groups excluding tert-OH is 1. The Morgan fingerprint density at radius 3 is 1.07 bits per heavy atom. The normalized spacial score (nSPS) is 19.6. The van der Waals surface area contributed by atoms with Gasteiger partial charge in [0.15, 0.2) is 0 Å². The summed E-state index contributed by atoms with van der Waals surface area (Å²) >= 11 is 0. The van der Waals surface area contributed by atoms with Crippen molar-refractivity contribution in [1.82, 2.24) is 10.6 Å². The molecule has 23 nitrogen and oxygen atoms in total. The second-order valence-electron chi connectivity index (χ2n) is 8.17. The van der Waals surface area contributed by atoms with Crippen LogP contribution in [0.2, 0.25) is 0 Å². The summed E-state index contributed by atoms with van der Waals surface area (Å²) in [4.78, 5) is 66.1. The van der Waals surface area contributed by atoms with Gasteiger partial charge in [0.2, 0.25) is 0 Å². The van der Waals surface area contributed by atoms with Gasteiger partial charge in [-0.25, -0.2) is 0 Å². The lowest BCUT2D eigenvalue weighted by Crippen LogP contribution is -2.28. The Morgan fingerprint density at radius 2 is 0.783 bits per heavy atom. The third kappa shape index (κ3) is 29.4. The first-order chi connectivity index (χ1) is 20.3. The lowest BCUT2D eigenvalue weighted by molar-refractivity contribution is -0.237. The van der Waals surface area contributed by atoms with Crippen LogP contribution in [0.1, 0.15) is 14.9 Å². The number of phosphoric ester groups is 5. The predicted molar refractivity (Wildman–Crippen MR) is 149 cm³/mol. The molecule has 0 aromatic rings. The summed E-state index contributed by atoms with van der Waals surface area (Å²) in [7, 11) is -22.0. The number of aliphatic hydroxyl groups is 1. The van der Waals surface area contributed by atoms with Crippen LogP contribution >= 0.6 is 39.1 Å². The molecule has 0 heterocycles. The zero-order valence-corrected chi connectivity index (χ0v) is 28.0. The van der Waals surface area contributed by atoms with Crippen molar-refractivity contribution >= 4 is 39.1 Å². The van der Waals surface area contributed by atoms with E-state index in [1.807, 2.05) is 0 Å². The highest BCUT2D eigenvalue weighted by atomic mass is 31.2. The molecule has 0 radical (unpaired) electrons. The van der Waals surface area contributed by atoms with Gasteiger partial charge in [-0.3, -0.25) is 22.8 Å². The van der Waals surface area contributed by atoms with E-state index in [2.05, 4.69) is 51.3 Å². The molecule has 0 amide bonds. The van der Waals surface area contributed by atoms with E-state index >= 15 is 0 Å². The first-order valence-electron chi connectivity index (χ1n) is 12.2. The van der Waals surface area contributed by atoms with E-state index < -0.39 is 110 Å². The Morgan fingerprint density at radius 1 is 0.522 bits per heavy atom. The minimum absolute atomic E-state index is 0. The van der Waals surface area contributed by atoms with Crippen LogP contribution in [0.5, 0.6) is 0 Å². The molecule has 0 fully saturated rings. The van der Waals surface area contributed by atoms with Crippen molar-refractivity contribution in [2.45, 2.75) is 14.9 Å². The minimum atomic E-state index is -5.09. The van der Waals surface area contributed by atoms with Gasteiger partial charge in [0, 0.05) is 31.5 Å². The van der Waals surface area contributed by atoms with Crippen LogP contribution in [0.15, 0.2) is 0 Å². The topological polar surface area (TPSA) is 348 Å². The first-order valence-corrected chi connectivity index (χ1v) is 19.6. The number of hydrogen-bond donors (Lipinski definition) is 4. The highest BCUT2D eigenvalue weighted by Gasteiger charge is 2.19. The largest absolute Gasteiger partial charge is 0.756 e. The van der Waals surface area contributed by atoms with E-state index in [-0.39, 0.29) is 34.5 Å². The van der Waals surface area contributed by atoms with Crippen molar-refractivity contribution < 1.29 is 98.0 Å². The molecule has 0 rings (SSSR count). The van der Waals surface area contributed by atoms with Crippen LogP contribution in [0.3, 0.4) is 0 Å². The lowest BCUT2D eigenvalue weighted by Gasteiger charge is -2.28. The van der Waals surface area contributed by atoms with Crippen LogP contribution in [0.4, 0.5) is 0 Å². The summed E-state index contributed by atoms with van der Waals surface area (Å²) in [6, 6.07) is 0. The molecule has 7 atom stereocenters. The van der Waals surface area contributed by atoms with Crippen molar-refractivity contribution in [3.05, 3.63) is 0 Å². The fourth-order valence-corrected chi connectivity index (χ4v) is 5.83. The summed E-state index contributed by atoms with van der Waals surface area (Å²) < 4.78 is 96.9. The highest BCUT2D eigenvalue weighted by Crippen LogP contribution is 2.43. The molecular formula is C18H44N2O21P5-5. The molecule has 282 valence electrons. The maximum absolute atomic E-state index is 11.8. The van der Waals surface area contributed by atoms with Crippen LogP contribution in [0.25, 0.3) is 0 Å². The Hall–Kier alpha value is 0.430. The second-order valence-corrected chi connectivity index (χ2v) is 15.0. The molecule has 0 aliphatic heterocycles. The maximum Gasteiger partial charge on any atom is 0.268 e. The van der Waals surface area contributed by atoms with Gasteiger partial charge in [-0.1, -0.05) is 14.9 Å². The molecule has 0 aliphatic rings. The Labute approximate surface area is 267 Å². The Bertz CT molecular complexity index is 1030. The number of phosphoric acid groups is 5. The molecule has 0 saturated carbocycles. The van der Waals surface area contributed by atoms with E-state index in [0.717, 1.165) is 0 Å². The van der Waals surface area contributed by atoms with Gasteiger partial charge in [-0.15, -0.1) is 0 Å². The molecule has 0 aromatic carbocycles. The van der Waals surface area contributed by atoms with Gasteiger partial charge >= 0.3 is 0 Å². The Kier molecular flexibility index (Phi) is 28.0. The predicted octanol–water partition coefficient (Wildman–Crippen LogP) is -2.59. The molecule has 0 bridgehead atoms. The third-order valence-electron chi connectivity index (χ3n) is 4.40. The molecule has 0 aliphatic carbocycles. The SMILES string of the molecule is C.C.CNCC(CO)COP(=O)([O-])OCCOP(=O)([O-])OCCOP(=O)([O-])OCCOP(=O)([O-])OCC(CNC)COP(=O)([O-])O. The van der Waals surface area contributed by atoms with Crippen LogP contribution in [-0.2, 0) is 63.5 Å². The van der Waals surface area contributed by atoms with Crippen molar-refractivity contribution in [2.75, 3.05) is 93.3 Å². The summed E-state index contributed by atoms with van der Waals surface area (Å²) in [5.74, 6) is -1.40. The van der Waals surface area contributed by atoms with Crippen LogP contribution in [-0.4, -0.2) is 103 Å². The van der Waals surface area contributed by atoms with Gasteiger partial charge < -0.3 is 85.8 Å². The molecule has 0 saturated heterocycles. The minimum Gasteiger partial charge on any atom is -0.756 e. The van der Waals surface area contributed by atoms with Gasteiger partial charge in [0.25, 0.3) is 39.1 Å². The van der Waals surface area contributed by atoms with Crippen molar-refractivity contribution in [3.8, 4) is 0 Å². The van der Waals surface area contributed by atoms with Crippen LogP contribution < -0.4 is 35.1 Å². The summed E-state index contributed by atoms with van der Waals surface area (Å²) in [6.45, 7) is -6.84. The second kappa shape index (κ2) is 25.4. The van der Waals surface area contributed by atoms with E-state index in [4.69, 9.17) is 10.00 Å². The van der Waals surface area contributed by atoms with Gasteiger partial charge in [-0.05, 0) is 14.1 Å². The van der Waals surface area contributed by atoms with Gasteiger partial charge in [0.05, 0.1) is 59.5 Å². The highest BCUT2D eigenvalue weighted by molar-refractivity contribution is 7.46. The number of rotatable bonds is 29. The van der Waals surface area contributed by atoms with E-state index in [9.17, 15) is 47.3 Å². The molecule has 4 N–H and O–H groups in total. The lowest BCUT2D eigenvalue weighted by atomic mass is 10.2. The van der Waals surface area contributed by atoms with E-state index in [1.165, 1.54) is 7.05 Å². The molecule has 7 unspecified atom stereocenters. The fraction of sp³-hybridized carbons (Fsp3) is 1.00. The van der Waals surface area contributed by atoms with Gasteiger partial charge in [-0.2, -0.15) is 0 Å². The quantitative estimate of drug-likeness (QED) is 0.0447. The zero-order valence-electron chi connectivity index (χ0n) is 23.5. The van der Waals surface area contributed by atoms with Crippen LogP contribution in [0, 0.1) is 11.8 Å². The molecule has 46 heavy (non-hydrogen) atoms. The van der Waals surface area contributed by atoms with Crippen molar-refractivity contribution in [2.24, 2.45) is 11.8 Å². The smallest absolute Gasteiger partial charge is 0.268 e. The monoisotopic (exact) mass is 779 g/mol. The molecule has 28 heteroatoms. The first kappa shape index (κ1) is 50.8. The average molecular weight is 779 g/mol. The van der Waals surface area contributed by atoms with E-state index in [1.54, 1.807) is 7.05 Å². The average Bonchev–Trinajstić information content (AvgIpc) is 2.91. The number of nitrogens with one attached hydrogen (secondary N) is 2. The summed E-state index contributed by atoms with van der Waals surface area (Å²) in [6.07, 6.45) is 0. The Balaban J connectivity index is -0.00000924.